The number of hydrogen-bond acceptors (Lipinski definition) is 4. The molecule has 112 valence electrons. The van der Waals surface area contributed by atoms with Gasteiger partial charge in [0.05, 0.1) is 6.61 Å². The van der Waals surface area contributed by atoms with Crippen molar-refractivity contribution in [3.8, 4) is 0 Å². The van der Waals surface area contributed by atoms with Crippen LogP contribution >= 0.6 is 0 Å². The summed E-state index contributed by atoms with van der Waals surface area (Å²) >= 11 is 0. The molecule has 2 aromatic rings. The first-order chi connectivity index (χ1) is 10.7. The molecule has 0 unspecified atom stereocenters. The summed E-state index contributed by atoms with van der Waals surface area (Å²) in [6, 6.07) is 10.7. The van der Waals surface area contributed by atoms with E-state index < -0.39 is 6.03 Å². The van der Waals surface area contributed by atoms with Crippen molar-refractivity contribution < 1.29 is 14.3 Å². The third kappa shape index (κ3) is 2.44. The van der Waals surface area contributed by atoms with Crippen molar-refractivity contribution >= 4 is 28.3 Å². The van der Waals surface area contributed by atoms with E-state index in [4.69, 9.17) is 4.74 Å². The molecule has 22 heavy (non-hydrogen) atoms. The number of Topliss-reactive ketones (excluding diaryl/α,β-unsaturated/α-hetero) is 1. The molecule has 2 N–H and O–H groups in total. The Morgan fingerprint density at radius 2 is 1.91 bits per heavy atom. The van der Waals surface area contributed by atoms with Gasteiger partial charge < -0.3 is 10.1 Å². The Labute approximate surface area is 127 Å². The van der Waals surface area contributed by atoms with Gasteiger partial charge in [0, 0.05) is 30.2 Å². The summed E-state index contributed by atoms with van der Waals surface area (Å²) in [5.41, 5.74) is 3.98. The zero-order valence-corrected chi connectivity index (χ0v) is 12.1. The fourth-order valence-corrected chi connectivity index (χ4v) is 2.50. The molecule has 2 aromatic carbocycles. The summed E-state index contributed by atoms with van der Waals surface area (Å²) in [5.74, 6) is -0.177. The molecular weight excluding hydrogens is 282 g/mol. The molecule has 0 aliphatic heterocycles. The van der Waals surface area contributed by atoms with Gasteiger partial charge in [-0.05, 0) is 5.39 Å². The van der Waals surface area contributed by atoms with Gasteiger partial charge in [-0.2, -0.15) is 5.10 Å². The van der Waals surface area contributed by atoms with Crippen LogP contribution in [-0.4, -0.2) is 37.8 Å². The maximum absolute atomic E-state index is 12.4. The van der Waals surface area contributed by atoms with Gasteiger partial charge in [0.2, 0.25) is 5.78 Å². The summed E-state index contributed by atoms with van der Waals surface area (Å²) < 4.78 is 4.84. The van der Waals surface area contributed by atoms with E-state index in [-0.39, 0.29) is 11.5 Å². The van der Waals surface area contributed by atoms with Gasteiger partial charge in [0.1, 0.15) is 5.71 Å². The Morgan fingerprint density at radius 3 is 2.64 bits per heavy atom. The topological polar surface area (TPSA) is 79.8 Å². The predicted octanol–water partition coefficient (Wildman–Crippen LogP) is 1.69. The molecule has 0 aromatic heterocycles. The highest BCUT2D eigenvalue weighted by molar-refractivity contribution is 6.59. The number of methoxy groups -OCH3 is 1. The minimum absolute atomic E-state index is 0.177. The Balaban J connectivity index is 1.85. The largest absolute Gasteiger partial charge is 0.383 e. The Hall–Kier alpha value is -2.73. The normalized spacial score (nSPS) is 14.6. The molecule has 0 radical (unpaired) electrons. The summed E-state index contributed by atoms with van der Waals surface area (Å²) in [5, 5.41) is 8.43. The maximum Gasteiger partial charge on any atom is 0.335 e. The number of carbonyl (C=O) groups is 2. The summed E-state index contributed by atoms with van der Waals surface area (Å²) in [6.07, 6.45) is 0. The van der Waals surface area contributed by atoms with E-state index in [1.807, 2.05) is 30.3 Å². The van der Waals surface area contributed by atoms with Gasteiger partial charge in [-0.3, -0.25) is 4.79 Å². The number of hydrazone groups is 1. The average molecular weight is 297 g/mol. The van der Waals surface area contributed by atoms with Gasteiger partial charge in [-0.15, -0.1) is 0 Å². The molecule has 0 spiro atoms. The van der Waals surface area contributed by atoms with E-state index >= 15 is 0 Å². The zero-order chi connectivity index (χ0) is 15.5. The quantitative estimate of drug-likeness (QED) is 0.665. The summed E-state index contributed by atoms with van der Waals surface area (Å²) in [7, 11) is 1.55. The lowest BCUT2D eigenvalue weighted by atomic mass is 10.1. The fourth-order valence-electron chi connectivity index (χ4n) is 2.50. The van der Waals surface area contributed by atoms with E-state index in [2.05, 4.69) is 15.8 Å². The molecule has 0 fully saturated rings. The second-order valence-electron chi connectivity index (χ2n) is 4.86. The van der Waals surface area contributed by atoms with E-state index in [9.17, 15) is 9.59 Å². The van der Waals surface area contributed by atoms with Crippen molar-refractivity contribution in [1.82, 2.24) is 10.7 Å². The van der Waals surface area contributed by atoms with Crippen molar-refractivity contribution in [2.75, 3.05) is 20.3 Å². The standard InChI is InChI=1S/C16H15N3O3/c1-22-9-8-17-16(21)19-18-14-11-6-2-4-10-5-3-7-12(13(10)11)15(14)20/h2-7H,8-9H2,1H3,(H2,17,19,21)/b18-14+. The molecule has 0 saturated carbocycles. The maximum atomic E-state index is 12.4. The molecule has 6 nitrogen and oxygen atoms in total. The number of nitrogens with one attached hydrogen (secondary N) is 2. The van der Waals surface area contributed by atoms with E-state index in [1.54, 1.807) is 13.2 Å². The molecule has 3 rings (SSSR count). The molecule has 0 saturated heterocycles. The number of nitrogens with zero attached hydrogens (tertiary/aromatic N) is 1. The van der Waals surface area contributed by atoms with Crippen LogP contribution < -0.4 is 10.7 Å². The number of benzene rings is 2. The first-order valence-electron chi connectivity index (χ1n) is 6.89. The van der Waals surface area contributed by atoms with Crippen LogP contribution in [0, 0.1) is 0 Å². The smallest absolute Gasteiger partial charge is 0.335 e. The molecule has 0 atom stereocenters. The SMILES string of the molecule is COCCNC(=O)N/N=C1/C(=O)c2cccc3cccc1c23. The second kappa shape index (κ2) is 5.95. The molecule has 2 amide bonds. The average Bonchev–Trinajstić information content (AvgIpc) is 2.81. The first-order valence-corrected chi connectivity index (χ1v) is 6.89. The van der Waals surface area contributed by atoms with Crippen molar-refractivity contribution in [3.63, 3.8) is 0 Å². The third-order valence-electron chi connectivity index (χ3n) is 3.48. The summed E-state index contributed by atoms with van der Waals surface area (Å²) in [4.78, 5) is 24.0. The highest BCUT2D eigenvalue weighted by Crippen LogP contribution is 2.30. The van der Waals surface area contributed by atoms with Crippen LogP contribution in [0.2, 0.25) is 0 Å². The van der Waals surface area contributed by atoms with Gasteiger partial charge in [-0.25, -0.2) is 10.2 Å². The number of amides is 2. The van der Waals surface area contributed by atoms with Gasteiger partial charge >= 0.3 is 6.03 Å². The monoisotopic (exact) mass is 297 g/mol. The number of carbonyl (C=O) groups excluding carboxylic acids is 2. The Bertz CT molecular complexity index is 778. The van der Waals surface area contributed by atoms with Crippen LogP contribution in [0.25, 0.3) is 10.8 Å². The molecule has 1 aliphatic carbocycles. The zero-order valence-electron chi connectivity index (χ0n) is 12.1. The van der Waals surface area contributed by atoms with Crippen molar-refractivity contribution in [3.05, 3.63) is 47.5 Å². The molecule has 0 heterocycles. The van der Waals surface area contributed by atoms with Gasteiger partial charge in [0.15, 0.2) is 0 Å². The molecular formula is C16H15N3O3. The van der Waals surface area contributed by atoms with E-state index in [0.717, 1.165) is 16.3 Å². The first kappa shape index (κ1) is 14.2. The highest BCUT2D eigenvalue weighted by Gasteiger charge is 2.28. The van der Waals surface area contributed by atoms with Crippen LogP contribution in [0.15, 0.2) is 41.5 Å². The molecule has 1 aliphatic rings. The minimum atomic E-state index is -0.472. The van der Waals surface area contributed by atoms with Crippen molar-refractivity contribution in [2.24, 2.45) is 5.10 Å². The van der Waals surface area contributed by atoms with Crippen molar-refractivity contribution in [1.29, 1.82) is 0 Å². The van der Waals surface area contributed by atoms with E-state index in [0.29, 0.717) is 18.7 Å². The van der Waals surface area contributed by atoms with Crippen molar-refractivity contribution in [2.45, 2.75) is 0 Å². The lowest BCUT2D eigenvalue weighted by Gasteiger charge is -2.04. The summed E-state index contributed by atoms with van der Waals surface area (Å²) in [6.45, 7) is 0.782. The van der Waals surface area contributed by atoms with Crippen LogP contribution in [0.3, 0.4) is 0 Å². The van der Waals surface area contributed by atoms with Gasteiger partial charge in [-0.1, -0.05) is 36.4 Å². The van der Waals surface area contributed by atoms with Crippen LogP contribution in [0.4, 0.5) is 4.79 Å². The lowest BCUT2D eigenvalue weighted by molar-refractivity contribution is 0.106. The molecule has 6 heteroatoms. The number of urea groups is 1. The Morgan fingerprint density at radius 1 is 1.18 bits per heavy atom. The molecule has 0 bridgehead atoms. The fraction of sp³-hybridized carbons (Fsp3) is 0.188. The van der Waals surface area contributed by atoms with E-state index in [1.165, 1.54) is 0 Å². The van der Waals surface area contributed by atoms with Crippen LogP contribution in [0.5, 0.6) is 0 Å². The highest BCUT2D eigenvalue weighted by atomic mass is 16.5. The Kier molecular flexibility index (Phi) is 3.84. The number of rotatable bonds is 4. The number of hydrogen-bond donors (Lipinski definition) is 2. The van der Waals surface area contributed by atoms with Crippen LogP contribution in [-0.2, 0) is 4.74 Å². The number of ether oxygens (including phenoxy) is 1. The van der Waals surface area contributed by atoms with Crippen LogP contribution in [0.1, 0.15) is 15.9 Å². The lowest BCUT2D eigenvalue weighted by Crippen LogP contribution is -2.35. The second-order valence-corrected chi connectivity index (χ2v) is 4.86. The minimum Gasteiger partial charge on any atom is -0.383 e. The third-order valence-corrected chi connectivity index (χ3v) is 3.48. The van der Waals surface area contributed by atoms with Gasteiger partial charge in [0.25, 0.3) is 0 Å². The predicted molar refractivity (Wildman–Crippen MR) is 83.2 cm³/mol. The number of ketones is 1.